The van der Waals surface area contributed by atoms with Crippen molar-refractivity contribution in [1.29, 1.82) is 0 Å². The number of aryl methyl sites for hydroxylation is 1. The van der Waals surface area contributed by atoms with E-state index >= 15 is 0 Å². The van der Waals surface area contributed by atoms with Gasteiger partial charge in [-0.15, -0.1) is 12.4 Å². The molecule has 2 fully saturated rings. The maximum atomic E-state index is 12.7. The van der Waals surface area contributed by atoms with Crippen molar-refractivity contribution < 1.29 is 9.59 Å². The highest BCUT2D eigenvalue weighted by Crippen LogP contribution is 2.45. The van der Waals surface area contributed by atoms with Gasteiger partial charge in [0.2, 0.25) is 11.8 Å². The SMILES string of the molecule is CNC(C(=O)NC1CC(=O)N(C2CC2c2ccccc2)C1)c1cnn(C)c1.Cl. The van der Waals surface area contributed by atoms with Gasteiger partial charge in [0, 0.05) is 43.7 Å². The number of likely N-dealkylation sites (tertiary alicyclic amines) is 1. The Kier molecular flexibility index (Phi) is 6.05. The number of benzene rings is 1. The van der Waals surface area contributed by atoms with Crippen LogP contribution in [0.4, 0.5) is 0 Å². The van der Waals surface area contributed by atoms with Crippen LogP contribution in [0.15, 0.2) is 42.7 Å². The van der Waals surface area contributed by atoms with Crippen molar-refractivity contribution in [3.63, 3.8) is 0 Å². The molecule has 28 heavy (non-hydrogen) atoms. The zero-order valence-corrected chi connectivity index (χ0v) is 16.9. The number of likely N-dealkylation sites (N-methyl/N-ethyl adjacent to an activating group) is 1. The lowest BCUT2D eigenvalue weighted by molar-refractivity contribution is -0.128. The van der Waals surface area contributed by atoms with Crippen LogP contribution < -0.4 is 10.6 Å². The third-order valence-corrected chi connectivity index (χ3v) is 5.50. The number of rotatable bonds is 6. The lowest BCUT2D eigenvalue weighted by Crippen LogP contribution is -2.43. The molecule has 4 atom stereocenters. The van der Waals surface area contributed by atoms with Crippen molar-refractivity contribution in [2.45, 2.75) is 36.9 Å². The highest BCUT2D eigenvalue weighted by Gasteiger charge is 2.48. The summed E-state index contributed by atoms with van der Waals surface area (Å²) in [6.45, 7) is 0.585. The van der Waals surface area contributed by atoms with Crippen LogP contribution in [0.1, 0.15) is 35.9 Å². The molecule has 150 valence electrons. The van der Waals surface area contributed by atoms with Gasteiger partial charge in [-0.2, -0.15) is 5.10 Å². The minimum atomic E-state index is -0.471. The number of hydrogen-bond donors (Lipinski definition) is 2. The summed E-state index contributed by atoms with van der Waals surface area (Å²) in [6, 6.07) is 9.97. The van der Waals surface area contributed by atoms with Crippen molar-refractivity contribution in [3.8, 4) is 0 Å². The Balaban J connectivity index is 0.00000225. The standard InChI is InChI=1S/C20H25N5O2.ClH/c1-21-19(14-10-22-24(2)11-14)20(27)23-15-8-18(26)25(12-15)17-9-16(17)13-6-4-3-5-7-13;/h3-7,10-11,15-17,19,21H,8-9,12H2,1-2H3,(H,23,27);1H. The molecular weight excluding hydrogens is 378 g/mol. The highest BCUT2D eigenvalue weighted by molar-refractivity contribution is 5.86. The first-order chi connectivity index (χ1) is 13.1. The second kappa shape index (κ2) is 8.32. The van der Waals surface area contributed by atoms with Gasteiger partial charge < -0.3 is 15.5 Å². The molecule has 8 heteroatoms. The van der Waals surface area contributed by atoms with E-state index in [1.54, 1.807) is 17.9 Å². The van der Waals surface area contributed by atoms with Gasteiger partial charge in [0.25, 0.3) is 0 Å². The van der Waals surface area contributed by atoms with Gasteiger partial charge in [-0.25, -0.2) is 0 Å². The average molecular weight is 404 g/mol. The fourth-order valence-corrected chi connectivity index (χ4v) is 4.06. The predicted octanol–water partition coefficient (Wildman–Crippen LogP) is 1.38. The number of halogens is 1. The molecule has 4 rings (SSSR count). The van der Waals surface area contributed by atoms with Crippen LogP contribution in [0.2, 0.25) is 0 Å². The molecule has 2 heterocycles. The molecule has 1 aliphatic carbocycles. The third kappa shape index (κ3) is 4.05. The van der Waals surface area contributed by atoms with E-state index in [2.05, 4.69) is 27.9 Å². The molecule has 2 amide bonds. The molecule has 0 radical (unpaired) electrons. The first-order valence-corrected chi connectivity index (χ1v) is 9.37. The monoisotopic (exact) mass is 403 g/mol. The Morgan fingerprint density at radius 1 is 1.29 bits per heavy atom. The number of amides is 2. The Morgan fingerprint density at radius 3 is 2.68 bits per heavy atom. The zero-order valence-electron chi connectivity index (χ0n) is 16.0. The van der Waals surface area contributed by atoms with Crippen LogP contribution in [-0.4, -0.2) is 52.2 Å². The lowest BCUT2D eigenvalue weighted by atomic mass is 10.1. The smallest absolute Gasteiger partial charge is 0.242 e. The summed E-state index contributed by atoms with van der Waals surface area (Å²) in [4.78, 5) is 27.1. The summed E-state index contributed by atoms with van der Waals surface area (Å²) < 4.78 is 1.67. The molecule has 0 bridgehead atoms. The second-order valence-electron chi connectivity index (χ2n) is 7.44. The Hall–Kier alpha value is -2.38. The van der Waals surface area contributed by atoms with E-state index in [-0.39, 0.29) is 36.3 Å². The second-order valence-corrected chi connectivity index (χ2v) is 7.44. The summed E-state index contributed by atoms with van der Waals surface area (Å²) in [5.41, 5.74) is 2.10. The first kappa shape index (κ1) is 20.4. The summed E-state index contributed by atoms with van der Waals surface area (Å²) in [5.74, 6) is 0.428. The van der Waals surface area contributed by atoms with Gasteiger partial charge in [-0.3, -0.25) is 14.3 Å². The molecular formula is C20H26ClN5O2. The summed E-state index contributed by atoms with van der Waals surface area (Å²) in [7, 11) is 3.57. The molecule has 2 aliphatic rings. The predicted molar refractivity (Wildman–Crippen MR) is 108 cm³/mol. The van der Waals surface area contributed by atoms with Crippen LogP contribution >= 0.6 is 12.4 Å². The fourth-order valence-electron chi connectivity index (χ4n) is 4.06. The molecule has 1 aromatic carbocycles. The number of hydrogen-bond acceptors (Lipinski definition) is 4. The Morgan fingerprint density at radius 2 is 2.04 bits per heavy atom. The number of nitrogens with zero attached hydrogens (tertiary/aromatic N) is 3. The molecule has 2 N–H and O–H groups in total. The third-order valence-electron chi connectivity index (χ3n) is 5.50. The lowest BCUT2D eigenvalue weighted by Gasteiger charge is -2.20. The van der Waals surface area contributed by atoms with E-state index in [0.29, 0.717) is 18.9 Å². The van der Waals surface area contributed by atoms with Gasteiger partial charge in [0.15, 0.2) is 0 Å². The zero-order chi connectivity index (χ0) is 19.0. The van der Waals surface area contributed by atoms with Crippen molar-refractivity contribution in [3.05, 3.63) is 53.9 Å². The van der Waals surface area contributed by atoms with Crippen molar-refractivity contribution >= 4 is 24.2 Å². The van der Waals surface area contributed by atoms with E-state index in [0.717, 1.165) is 12.0 Å². The maximum Gasteiger partial charge on any atom is 0.242 e. The summed E-state index contributed by atoms with van der Waals surface area (Å²) >= 11 is 0. The molecule has 4 unspecified atom stereocenters. The molecule has 1 saturated carbocycles. The highest BCUT2D eigenvalue weighted by atomic mass is 35.5. The van der Waals surface area contributed by atoms with Crippen molar-refractivity contribution in [2.24, 2.45) is 7.05 Å². The fraction of sp³-hybridized carbons (Fsp3) is 0.450. The largest absolute Gasteiger partial charge is 0.349 e. The summed E-state index contributed by atoms with van der Waals surface area (Å²) in [5, 5.41) is 10.2. The number of carbonyl (C=O) groups excluding carboxylic acids is 2. The topological polar surface area (TPSA) is 79.3 Å². The van der Waals surface area contributed by atoms with Crippen molar-refractivity contribution in [1.82, 2.24) is 25.3 Å². The molecule has 0 spiro atoms. The Labute approximate surface area is 170 Å². The molecule has 1 saturated heterocycles. The Bertz CT molecular complexity index is 840. The van der Waals surface area contributed by atoms with E-state index in [1.807, 2.05) is 36.3 Å². The van der Waals surface area contributed by atoms with Gasteiger partial charge in [0.05, 0.1) is 12.2 Å². The minimum Gasteiger partial charge on any atom is -0.349 e. The van der Waals surface area contributed by atoms with Crippen LogP contribution in [0, 0.1) is 0 Å². The molecule has 1 aromatic heterocycles. The van der Waals surface area contributed by atoms with Crippen LogP contribution in [0.3, 0.4) is 0 Å². The normalized spacial score (nSPS) is 24.6. The summed E-state index contributed by atoms with van der Waals surface area (Å²) in [6.07, 6.45) is 4.88. The van der Waals surface area contributed by atoms with E-state index in [9.17, 15) is 9.59 Å². The average Bonchev–Trinajstić information content (AvgIpc) is 3.21. The quantitative estimate of drug-likeness (QED) is 0.763. The van der Waals surface area contributed by atoms with Crippen LogP contribution in [-0.2, 0) is 16.6 Å². The van der Waals surface area contributed by atoms with E-state index in [4.69, 9.17) is 0 Å². The van der Waals surface area contributed by atoms with Crippen molar-refractivity contribution in [2.75, 3.05) is 13.6 Å². The number of aromatic nitrogens is 2. The molecule has 2 aromatic rings. The number of nitrogens with one attached hydrogen (secondary N) is 2. The molecule has 7 nitrogen and oxygen atoms in total. The van der Waals surface area contributed by atoms with Gasteiger partial charge in [-0.1, -0.05) is 30.3 Å². The van der Waals surface area contributed by atoms with E-state index in [1.165, 1.54) is 5.56 Å². The van der Waals surface area contributed by atoms with Gasteiger partial charge in [-0.05, 0) is 19.0 Å². The minimum absolute atomic E-state index is 0. The molecule has 1 aliphatic heterocycles. The number of carbonyl (C=O) groups is 2. The van der Waals surface area contributed by atoms with Gasteiger partial charge in [0.1, 0.15) is 6.04 Å². The maximum absolute atomic E-state index is 12.7. The first-order valence-electron chi connectivity index (χ1n) is 9.37. The van der Waals surface area contributed by atoms with Gasteiger partial charge >= 0.3 is 0 Å². The van der Waals surface area contributed by atoms with E-state index < -0.39 is 6.04 Å². The van der Waals surface area contributed by atoms with Crippen LogP contribution in [0.25, 0.3) is 0 Å². The van der Waals surface area contributed by atoms with Crippen LogP contribution in [0.5, 0.6) is 0 Å².